The quantitative estimate of drug-likeness (QED) is 0.178. The number of fused-ring (bicyclic) bond motifs is 1. The first-order valence-corrected chi connectivity index (χ1v) is 15.1. The zero-order valence-electron chi connectivity index (χ0n) is 20.4. The van der Waals surface area contributed by atoms with Crippen LogP contribution in [0.25, 0.3) is 22.4 Å². The van der Waals surface area contributed by atoms with Gasteiger partial charge in [-0.05, 0) is 55.1 Å². The lowest BCUT2D eigenvalue weighted by atomic mass is 10.2. The van der Waals surface area contributed by atoms with E-state index in [0.29, 0.717) is 29.9 Å². The summed E-state index contributed by atoms with van der Waals surface area (Å²) in [6.07, 6.45) is 2.76. The van der Waals surface area contributed by atoms with Crippen LogP contribution in [-0.4, -0.2) is 33.8 Å². The molecular weight excluding hydrogens is 636 g/mol. The molecule has 5 rings (SSSR count). The molecule has 0 spiro atoms. The van der Waals surface area contributed by atoms with Crippen molar-refractivity contribution in [1.29, 1.82) is 0 Å². The molecule has 0 aliphatic carbocycles. The summed E-state index contributed by atoms with van der Waals surface area (Å²) in [4.78, 5) is 9.10. The second-order valence-electron chi connectivity index (χ2n) is 8.64. The molecule has 0 amide bonds. The third-order valence-electron chi connectivity index (χ3n) is 5.85. The fourth-order valence-corrected chi connectivity index (χ4v) is 5.77. The molecule has 0 aliphatic rings. The number of hydrogen-bond acceptors (Lipinski definition) is 6. The normalized spacial score (nSPS) is 11.9. The number of ether oxygens (including phenoxy) is 2. The highest BCUT2D eigenvalue weighted by atomic mass is 79.9. The third-order valence-corrected chi connectivity index (χ3v) is 8.81. The summed E-state index contributed by atoms with van der Waals surface area (Å²) in [6.45, 7) is 0.982. The fraction of sp³-hybridized carbons (Fsp3) is 0.185. The third kappa shape index (κ3) is 5.76. The van der Waals surface area contributed by atoms with E-state index in [1.165, 1.54) is 0 Å². The minimum Gasteiger partial charge on any atom is -0.356 e. The van der Waals surface area contributed by atoms with Crippen molar-refractivity contribution in [3.63, 3.8) is 0 Å². The van der Waals surface area contributed by atoms with Crippen LogP contribution in [0.3, 0.4) is 0 Å². The maximum absolute atomic E-state index is 12.7. The number of nitrogens with zero attached hydrogens (tertiary/aromatic N) is 4. The zero-order chi connectivity index (χ0) is 26.7. The summed E-state index contributed by atoms with van der Waals surface area (Å²) in [7, 11) is -3.65. The molecule has 8 nitrogen and oxygen atoms in total. The second-order valence-corrected chi connectivity index (χ2v) is 12.2. The molecule has 3 aromatic heterocycles. The first-order valence-electron chi connectivity index (χ1n) is 11.7. The van der Waals surface area contributed by atoms with E-state index in [0.717, 1.165) is 32.2 Å². The average molecular weight is 660 g/mol. The van der Waals surface area contributed by atoms with E-state index in [-0.39, 0.29) is 18.6 Å². The summed E-state index contributed by atoms with van der Waals surface area (Å²) in [5.41, 5.74) is 4.39. The van der Waals surface area contributed by atoms with Crippen molar-refractivity contribution in [2.45, 2.75) is 31.8 Å². The molecule has 38 heavy (non-hydrogen) atoms. The predicted octanol–water partition coefficient (Wildman–Crippen LogP) is 6.18. The van der Waals surface area contributed by atoms with E-state index in [1.807, 2.05) is 71.3 Å². The van der Waals surface area contributed by atoms with Crippen molar-refractivity contribution >= 4 is 52.7 Å². The Kier molecular flexibility index (Phi) is 8.10. The van der Waals surface area contributed by atoms with E-state index in [9.17, 15) is 8.42 Å². The Hall–Kier alpha value is -2.83. The molecule has 3 heterocycles. The minimum absolute atomic E-state index is 0.0138. The van der Waals surface area contributed by atoms with Crippen LogP contribution in [0.4, 0.5) is 0 Å². The predicted molar refractivity (Wildman–Crippen MR) is 152 cm³/mol. The monoisotopic (exact) mass is 658 g/mol. The van der Waals surface area contributed by atoms with Crippen LogP contribution in [-0.2, 0) is 46.0 Å². The summed E-state index contributed by atoms with van der Waals surface area (Å²) >= 11 is 7.23. The van der Waals surface area contributed by atoms with Gasteiger partial charge in [0.05, 0.1) is 34.4 Å². The Labute approximate surface area is 237 Å². The van der Waals surface area contributed by atoms with Gasteiger partial charge in [-0.1, -0.05) is 60.7 Å². The number of pyridine rings is 1. The van der Waals surface area contributed by atoms with Crippen molar-refractivity contribution in [2.24, 2.45) is 0 Å². The molecule has 0 atom stereocenters. The van der Waals surface area contributed by atoms with Gasteiger partial charge in [0.25, 0.3) is 0 Å². The molecule has 0 radical (unpaired) electrons. The van der Waals surface area contributed by atoms with Crippen molar-refractivity contribution in [3.05, 3.63) is 99.2 Å². The van der Waals surface area contributed by atoms with E-state index in [2.05, 4.69) is 41.8 Å². The van der Waals surface area contributed by atoms with Gasteiger partial charge in [-0.25, -0.2) is 13.4 Å². The highest BCUT2D eigenvalue weighted by molar-refractivity contribution is 9.13. The molecular formula is C27H24Br2N4O4S. The van der Waals surface area contributed by atoms with Gasteiger partial charge in [0, 0.05) is 12.5 Å². The van der Waals surface area contributed by atoms with E-state index < -0.39 is 9.84 Å². The van der Waals surface area contributed by atoms with Crippen LogP contribution in [0.2, 0.25) is 0 Å². The summed E-state index contributed by atoms with van der Waals surface area (Å²) < 4.78 is 42.5. The number of benzene rings is 2. The molecule has 5 aromatic rings. The number of hydrogen-bond donors (Lipinski definition) is 0. The molecule has 0 saturated carbocycles. The van der Waals surface area contributed by atoms with Gasteiger partial charge in [-0.3, -0.25) is 9.55 Å². The molecule has 0 unspecified atom stereocenters. The van der Waals surface area contributed by atoms with Gasteiger partial charge in [-0.15, -0.1) is 0 Å². The number of imidazole rings is 1. The molecule has 196 valence electrons. The minimum atomic E-state index is -3.65. The second kappa shape index (κ2) is 11.5. The maximum Gasteiger partial charge on any atom is 0.230 e. The van der Waals surface area contributed by atoms with Crippen LogP contribution in [0.15, 0.2) is 93.2 Å². The van der Waals surface area contributed by atoms with Crippen molar-refractivity contribution in [2.75, 3.05) is 6.26 Å². The molecule has 0 bridgehead atoms. The molecule has 0 saturated heterocycles. The number of sulfone groups is 1. The van der Waals surface area contributed by atoms with Gasteiger partial charge in [0.15, 0.2) is 0 Å². The van der Waals surface area contributed by atoms with Gasteiger partial charge >= 0.3 is 0 Å². The highest BCUT2D eigenvalue weighted by Crippen LogP contribution is 2.36. The van der Waals surface area contributed by atoms with Crippen LogP contribution in [0.5, 0.6) is 0 Å². The lowest BCUT2D eigenvalue weighted by Gasteiger charge is -2.14. The lowest BCUT2D eigenvalue weighted by molar-refractivity contribution is 0.0608. The van der Waals surface area contributed by atoms with E-state index in [1.54, 1.807) is 16.8 Å². The number of halogens is 2. The van der Waals surface area contributed by atoms with Crippen molar-refractivity contribution in [1.82, 2.24) is 19.1 Å². The van der Waals surface area contributed by atoms with Crippen LogP contribution < -0.4 is 0 Å². The van der Waals surface area contributed by atoms with Gasteiger partial charge in [0.1, 0.15) is 23.8 Å². The Morgan fingerprint density at radius 1 is 0.842 bits per heavy atom. The van der Waals surface area contributed by atoms with Crippen molar-refractivity contribution in [3.8, 4) is 11.4 Å². The summed E-state index contributed by atoms with van der Waals surface area (Å²) in [5.74, 6) is 0. The molecule has 11 heteroatoms. The standard InChI is InChI=1S/C27H24Br2N4O4S/c1-38(34,35)27-31-22-12-13-30-24(25(22)33(27)18-37-16-20-10-6-3-7-11-20)23-14-21(28)26(29)32(23)17-36-15-19-8-4-2-5-9-19/h2-14H,15-18H2,1H3. The smallest absolute Gasteiger partial charge is 0.230 e. The Morgan fingerprint density at radius 2 is 1.42 bits per heavy atom. The first-order chi connectivity index (χ1) is 18.3. The zero-order valence-corrected chi connectivity index (χ0v) is 24.4. The largest absolute Gasteiger partial charge is 0.356 e. The van der Waals surface area contributed by atoms with Crippen molar-refractivity contribution < 1.29 is 17.9 Å². The molecule has 2 aromatic carbocycles. The van der Waals surface area contributed by atoms with Gasteiger partial charge < -0.3 is 14.0 Å². The van der Waals surface area contributed by atoms with E-state index in [4.69, 9.17) is 9.47 Å². The Morgan fingerprint density at radius 3 is 2.00 bits per heavy atom. The van der Waals surface area contributed by atoms with Gasteiger partial charge in [0.2, 0.25) is 15.0 Å². The fourth-order valence-electron chi connectivity index (χ4n) is 4.12. The molecule has 0 N–H and O–H groups in total. The topological polar surface area (TPSA) is 88.2 Å². The first kappa shape index (κ1) is 26.8. The summed E-state index contributed by atoms with van der Waals surface area (Å²) in [6, 6.07) is 23.2. The van der Waals surface area contributed by atoms with E-state index >= 15 is 0 Å². The lowest BCUT2D eigenvalue weighted by Crippen LogP contribution is -2.12. The highest BCUT2D eigenvalue weighted by Gasteiger charge is 2.25. The van der Waals surface area contributed by atoms with Crippen LogP contribution in [0.1, 0.15) is 11.1 Å². The average Bonchev–Trinajstić information content (AvgIpc) is 3.43. The molecule has 0 aliphatic heterocycles. The summed E-state index contributed by atoms with van der Waals surface area (Å²) in [5, 5.41) is -0.0774. The maximum atomic E-state index is 12.7. The van der Waals surface area contributed by atoms with Crippen LogP contribution in [0, 0.1) is 0 Å². The SMILES string of the molecule is CS(=O)(=O)c1nc2ccnc(-c3cc(Br)c(Br)n3COCc3ccccc3)c2n1COCc1ccccc1. The number of aromatic nitrogens is 4. The Bertz CT molecular complexity index is 1670. The Balaban J connectivity index is 1.53. The van der Waals surface area contributed by atoms with Gasteiger partial charge in [-0.2, -0.15) is 0 Å². The molecule has 0 fully saturated rings. The van der Waals surface area contributed by atoms with Crippen LogP contribution >= 0.6 is 31.9 Å². The number of rotatable bonds is 10.